The van der Waals surface area contributed by atoms with Crippen LogP contribution in [0.3, 0.4) is 0 Å². The number of carbonyl (C=O) groups is 7. The number of piperidine rings is 1. The number of nitrogens with zero attached hydrogens (tertiary/aromatic N) is 4. The zero-order valence-electron chi connectivity index (χ0n) is 36.8. The van der Waals surface area contributed by atoms with E-state index in [4.69, 9.17) is 11.5 Å². The minimum absolute atomic E-state index is 0.0189. The highest BCUT2D eigenvalue weighted by molar-refractivity contribution is 6.00. The minimum atomic E-state index is -1.11. The van der Waals surface area contributed by atoms with Gasteiger partial charge in [-0.3, -0.25) is 48.0 Å². The molecule has 344 valence electrons. The number of carbonyl (C=O) groups excluding carboxylic acids is 7. The van der Waals surface area contributed by atoms with Gasteiger partial charge in [-0.25, -0.2) is 4.79 Å². The Bertz CT molecular complexity index is 2430. The lowest BCUT2D eigenvalue weighted by Gasteiger charge is -2.37. The summed E-state index contributed by atoms with van der Waals surface area (Å²) in [7, 11) is 1.67. The summed E-state index contributed by atoms with van der Waals surface area (Å²) in [5, 5.41) is 8.23. The highest BCUT2D eigenvalue weighted by Gasteiger charge is 2.45. The second-order valence-electron chi connectivity index (χ2n) is 17.5. The molecule has 65 heavy (non-hydrogen) atoms. The fourth-order valence-corrected chi connectivity index (χ4v) is 9.52. The van der Waals surface area contributed by atoms with E-state index in [1.165, 1.54) is 14.0 Å². The standard InChI is InChI=1S/C48H59N9O8/c1-54-36-21-18-30(28-39(36)57(48(54)65)38-23-25-41(59)52-46(38)63)12-6-2-3-11-17-42(60)55-27-26-33-19-22-37(56(33)47(64)34(49)29-55)45(62)51-35(20-24-40(50)58)44(61)53-43(31-13-7-4-8-14-31)32-15-9-5-10-16-32/h4-5,7-10,13-16,18,21,28,33-35,37-38,43H,2-3,6,11-12,17,19-20,22-27,29,49H2,1H3,(H2,50,58)(H,51,62)(H,53,61)(H,52,59,63)/t33-,34+,35+,37+,38?/m1/s1. The fraction of sp³-hybridized carbons (Fsp3) is 0.458. The van der Waals surface area contributed by atoms with Crippen molar-refractivity contribution in [2.45, 2.75) is 120 Å². The Kier molecular flexibility index (Phi) is 14.9. The summed E-state index contributed by atoms with van der Waals surface area (Å²) in [6.45, 7) is 0.399. The van der Waals surface area contributed by atoms with Gasteiger partial charge in [0.2, 0.25) is 41.4 Å². The molecular weight excluding hydrogens is 831 g/mol. The van der Waals surface area contributed by atoms with Gasteiger partial charge in [0, 0.05) is 45.4 Å². The quantitative estimate of drug-likeness (QED) is 0.0772. The van der Waals surface area contributed by atoms with E-state index in [2.05, 4.69) is 16.0 Å². The molecule has 17 heteroatoms. The third-order valence-electron chi connectivity index (χ3n) is 13.0. The summed E-state index contributed by atoms with van der Waals surface area (Å²) in [5.41, 5.74) is 15.7. The molecule has 1 aromatic heterocycles. The molecule has 0 bridgehead atoms. The third-order valence-corrected chi connectivity index (χ3v) is 13.0. The number of imidazole rings is 1. The average molecular weight is 890 g/mol. The number of primary amides is 1. The second-order valence-corrected chi connectivity index (χ2v) is 17.5. The Labute approximate surface area is 377 Å². The van der Waals surface area contributed by atoms with Crippen molar-refractivity contribution in [3.05, 3.63) is 106 Å². The highest BCUT2D eigenvalue weighted by atomic mass is 16.2. The minimum Gasteiger partial charge on any atom is -0.370 e. The SMILES string of the molecule is Cn1c(=O)n(C2CCC(=O)NC2=O)c2cc(CCCCCCC(=O)N3CC[C@H]4CC[C@@H](C(=O)N[C@@H](CCC(N)=O)C(=O)NC(c5ccccc5)c5ccccc5)N4C(=O)[C@@H](N)C3)ccc21. The second kappa shape index (κ2) is 20.9. The molecule has 4 heterocycles. The predicted molar refractivity (Wildman–Crippen MR) is 241 cm³/mol. The van der Waals surface area contributed by atoms with E-state index in [-0.39, 0.29) is 55.8 Å². The van der Waals surface area contributed by atoms with Gasteiger partial charge in [-0.1, -0.05) is 79.6 Å². The average Bonchev–Trinajstić information content (AvgIpc) is 3.83. The first-order chi connectivity index (χ1) is 31.3. The Morgan fingerprint density at radius 2 is 1.49 bits per heavy atom. The van der Waals surface area contributed by atoms with Crippen LogP contribution in [0.1, 0.15) is 106 Å². The summed E-state index contributed by atoms with van der Waals surface area (Å²) < 4.78 is 3.00. The monoisotopic (exact) mass is 889 g/mol. The number of benzene rings is 3. The molecule has 0 saturated carbocycles. The molecule has 7 amide bonds. The van der Waals surface area contributed by atoms with Gasteiger partial charge in [0.05, 0.1) is 17.1 Å². The first-order valence-corrected chi connectivity index (χ1v) is 22.7. The maximum absolute atomic E-state index is 14.0. The van der Waals surface area contributed by atoms with Gasteiger partial charge in [-0.15, -0.1) is 0 Å². The van der Waals surface area contributed by atoms with Gasteiger partial charge in [-0.05, 0) is 80.2 Å². The van der Waals surface area contributed by atoms with Gasteiger partial charge < -0.3 is 31.9 Å². The van der Waals surface area contributed by atoms with Gasteiger partial charge in [0.1, 0.15) is 24.2 Å². The molecule has 0 spiro atoms. The Balaban J connectivity index is 0.903. The summed E-state index contributed by atoms with van der Waals surface area (Å²) in [6, 6.07) is 20.0. The number of fused-ring (bicyclic) bond motifs is 2. The van der Waals surface area contributed by atoms with Crippen LogP contribution in [0.5, 0.6) is 0 Å². The number of aromatic nitrogens is 2. The van der Waals surface area contributed by atoms with Crippen LogP contribution in [0.4, 0.5) is 0 Å². The normalized spacial score (nSPS) is 20.5. The van der Waals surface area contributed by atoms with Crippen LogP contribution in [-0.4, -0.2) is 97.5 Å². The summed E-state index contributed by atoms with van der Waals surface area (Å²) in [4.78, 5) is 108. The maximum atomic E-state index is 14.0. The smallest absolute Gasteiger partial charge is 0.329 e. The maximum Gasteiger partial charge on any atom is 0.329 e. The molecule has 7 N–H and O–H groups in total. The Morgan fingerprint density at radius 1 is 0.800 bits per heavy atom. The summed E-state index contributed by atoms with van der Waals surface area (Å²) in [6.07, 6.45) is 5.83. The molecule has 1 unspecified atom stereocenters. The number of aryl methyl sites for hydroxylation is 2. The number of nitrogens with two attached hydrogens (primary N) is 2. The van der Waals surface area contributed by atoms with Crippen LogP contribution in [0.2, 0.25) is 0 Å². The first-order valence-electron chi connectivity index (χ1n) is 22.7. The number of hydrogen-bond donors (Lipinski definition) is 5. The lowest BCUT2D eigenvalue weighted by molar-refractivity contribution is -0.145. The molecule has 17 nitrogen and oxygen atoms in total. The molecular formula is C48H59N9O8. The van der Waals surface area contributed by atoms with E-state index in [0.29, 0.717) is 49.7 Å². The van der Waals surface area contributed by atoms with Crippen LogP contribution in [0, 0.1) is 0 Å². The van der Waals surface area contributed by atoms with Crippen LogP contribution in [-0.2, 0) is 47.0 Å². The van der Waals surface area contributed by atoms with E-state index in [0.717, 1.165) is 42.4 Å². The van der Waals surface area contributed by atoms with Crippen molar-refractivity contribution in [2.75, 3.05) is 13.1 Å². The van der Waals surface area contributed by atoms with E-state index in [1.54, 1.807) is 11.9 Å². The van der Waals surface area contributed by atoms with Crippen LogP contribution >= 0.6 is 0 Å². The van der Waals surface area contributed by atoms with Crippen molar-refractivity contribution in [1.29, 1.82) is 0 Å². The predicted octanol–water partition coefficient (Wildman–Crippen LogP) is 2.39. The van der Waals surface area contributed by atoms with E-state index >= 15 is 0 Å². The lowest BCUT2D eigenvalue weighted by Crippen LogP contribution is -2.60. The zero-order chi connectivity index (χ0) is 46.2. The number of unbranched alkanes of at least 4 members (excludes halogenated alkanes) is 3. The topological polar surface area (TPSA) is 241 Å². The van der Waals surface area contributed by atoms with E-state index in [1.807, 2.05) is 78.9 Å². The lowest BCUT2D eigenvalue weighted by atomic mass is 9.98. The Morgan fingerprint density at radius 3 is 2.17 bits per heavy atom. The van der Waals surface area contributed by atoms with Gasteiger partial charge >= 0.3 is 5.69 Å². The van der Waals surface area contributed by atoms with Crippen molar-refractivity contribution in [1.82, 2.24) is 34.9 Å². The van der Waals surface area contributed by atoms with Gasteiger partial charge in [0.25, 0.3) is 0 Å². The molecule has 7 rings (SSSR count). The van der Waals surface area contributed by atoms with Crippen molar-refractivity contribution >= 4 is 52.4 Å². The first kappa shape index (κ1) is 46.4. The number of nitrogens with one attached hydrogen (secondary N) is 3. The van der Waals surface area contributed by atoms with Gasteiger partial charge in [-0.2, -0.15) is 0 Å². The molecule has 3 saturated heterocycles. The van der Waals surface area contributed by atoms with Crippen LogP contribution in [0.25, 0.3) is 11.0 Å². The molecule has 0 radical (unpaired) electrons. The number of hydrogen-bond acceptors (Lipinski definition) is 9. The van der Waals surface area contributed by atoms with Crippen LogP contribution < -0.4 is 33.1 Å². The molecule has 4 aromatic rings. The number of amides is 7. The largest absolute Gasteiger partial charge is 0.370 e. The van der Waals surface area contributed by atoms with Crippen LogP contribution in [0.15, 0.2) is 83.7 Å². The van der Waals surface area contributed by atoms with Crippen molar-refractivity contribution in [3.8, 4) is 0 Å². The molecule has 5 atom stereocenters. The molecule has 3 aromatic carbocycles. The van der Waals surface area contributed by atoms with E-state index in [9.17, 15) is 38.4 Å². The molecule has 3 aliphatic rings. The number of rotatable bonds is 17. The molecule has 3 fully saturated rings. The van der Waals surface area contributed by atoms with Crippen molar-refractivity contribution in [2.24, 2.45) is 18.5 Å². The van der Waals surface area contributed by atoms with E-state index < -0.39 is 59.7 Å². The fourth-order valence-electron chi connectivity index (χ4n) is 9.52. The zero-order valence-corrected chi connectivity index (χ0v) is 36.8. The third kappa shape index (κ3) is 10.8. The highest BCUT2D eigenvalue weighted by Crippen LogP contribution is 2.30. The van der Waals surface area contributed by atoms with Crippen molar-refractivity contribution < 1.29 is 33.6 Å². The molecule has 0 aliphatic carbocycles. The van der Waals surface area contributed by atoms with Gasteiger partial charge in [0.15, 0.2) is 0 Å². The summed E-state index contributed by atoms with van der Waals surface area (Å²) >= 11 is 0. The molecule has 3 aliphatic heterocycles. The van der Waals surface area contributed by atoms with Crippen molar-refractivity contribution in [3.63, 3.8) is 0 Å². The Hall–Kier alpha value is -6.62. The summed E-state index contributed by atoms with van der Waals surface area (Å²) in [5.74, 6) is -2.96. The number of imide groups is 1.